The summed E-state index contributed by atoms with van der Waals surface area (Å²) in [5.41, 5.74) is 2.14. The molecule has 3 rings (SSSR count). The standard InChI is InChI=1S/C17H13F2N3O/c18-17(19)23-15-8-4-1-5-11(15)9-12(10-20)16-21-13-6-2-3-7-14(13)22-16/h1-8,12,17H,9H2,(H,21,22)/t12-/m1/s1. The average Bonchev–Trinajstić information content (AvgIpc) is 2.97. The number of H-pyrrole nitrogens is 1. The van der Waals surface area contributed by atoms with Crippen LogP contribution in [0.25, 0.3) is 11.0 Å². The van der Waals surface area contributed by atoms with E-state index >= 15 is 0 Å². The number of imidazole rings is 1. The number of benzene rings is 2. The smallest absolute Gasteiger partial charge is 0.387 e. The Bertz CT molecular complexity index is 821. The molecule has 1 heterocycles. The third kappa shape index (κ3) is 3.29. The van der Waals surface area contributed by atoms with Crippen molar-refractivity contribution in [3.63, 3.8) is 0 Å². The summed E-state index contributed by atoms with van der Waals surface area (Å²) in [5, 5.41) is 9.44. The molecule has 6 heteroatoms. The van der Waals surface area contributed by atoms with E-state index in [0.717, 1.165) is 11.0 Å². The molecule has 0 aliphatic rings. The third-order valence-electron chi connectivity index (χ3n) is 3.51. The zero-order chi connectivity index (χ0) is 16.2. The number of aromatic amines is 1. The Morgan fingerprint density at radius 3 is 2.61 bits per heavy atom. The van der Waals surface area contributed by atoms with Crippen molar-refractivity contribution in [2.75, 3.05) is 0 Å². The third-order valence-corrected chi connectivity index (χ3v) is 3.51. The van der Waals surface area contributed by atoms with Gasteiger partial charge in [0.2, 0.25) is 0 Å². The minimum atomic E-state index is -2.90. The molecule has 23 heavy (non-hydrogen) atoms. The van der Waals surface area contributed by atoms with Crippen molar-refractivity contribution < 1.29 is 13.5 Å². The van der Waals surface area contributed by atoms with Crippen molar-refractivity contribution in [3.05, 3.63) is 59.9 Å². The van der Waals surface area contributed by atoms with Crippen LogP contribution < -0.4 is 4.74 Å². The molecule has 0 unspecified atom stereocenters. The molecule has 1 N–H and O–H groups in total. The lowest BCUT2D eigenvalue weighted by Crippen LogP contribution is -2.08. The summed E-state index contributed by atoms with van der Waals surface area (Å²) in [6.45, 7) is -2.90. The molecular weight excluding hydrogens is 300 g/mol. The van der Waals surface area contributed by atoms with Crippen LogP contribution in [0.4, 0.5) is 8.78 Å². The largest absolute Gasteiger partial charge is 0.435 e. The molecule has 0 fully saturated rings. The van der Waals surface area contributed by atoms with E-state index < -0.39 is 12.5 Å². The first kappa shape index (κ1) is 15.0. The van der Waals surface area contributed by atoms with Gasteiger partial charge in [-0.05, 0) is 30.2 Å². The van der Waals surface area contributed by atoms with Crippen LogP contribution in [-0.2, 0) is 6.42 Å². The highest BCUT2D eigenvalue weighted by atomic mass is 19.3. The molecule has 1 aromatic heterocycles. The highest BCUT2D eigenvalue weighted by Crippen LogP contribution is 2.27. The van der Waals surface area contributed by atoms with Gasteiger partial charge in [0, 0.05) is 0 Å². The van der Waals surface area contributed by atoms with E-state index in [1.165, 1.54) is 6.07 Å². The van der Waals surface area contributed by atoms with Gasteiger partial charge >= 0.3 is 6.61 Å². The van der Waals surface area contributed by atoms with E-state index in [0.29, 0.717) is 11.4 Å². The fraction of sp³-hybridized carbons (Fsp3) is 0.176. The lowest BCUT2D eigenvalue weighted by molar-refractivity contribution is -0.0504. The van der Waals surface area contributed by atoms with Crippen molar-refractivity contribution in [2.45, 2.75) is 19.0 Å². The van der Waals surface area contributed by atoms with Crippen molar-refractivity contribution in [3.8, 4) is 11.8 Å². The van der Waals surface area contributed by atoms with E-state index in [4.69, 9.17) is 0 Å². The first-order valence-corrected chi connectivity index (χ1v) is 7.04. The summed E-state index contributed by atoms with van der Waals surface area (Å²) in [5.74, 6) is 0.0178. The second kappa shape index (κ2) is 6.44. The molecule has 116 valence electrons. The van der Waals surface area contributed by atoms with Crippen LogP contribution in [0.15, 0.2) is 48.5 Å². The number of halogens is 2. The fourth-order valence-electron chi connectivity index (χ4n) is 2.44. The monoisotopic (exact) mass is 313 g/mol. The van der Waals surface area contributed by atoms with Gasteiger partial charge in [0.25, 0.3) is 0 Å². The van der Waals surface area contributed by atoms with Gasteiger partial charge in [-0.25, -0.2) is 4.98 Å². The SMILES string of the molecule is N#C[C@@H](Cc1ccccc1OC(F)F)c1nc2ccccc2[nH]1. The van der Waals surface area contributed by atoms with Gasteiger partial charge in [-0.3, -0.25) is 0 Å². The van der Waals surface area contributed by atoms with E-state index in [2.05, 4.69) is 20.8 Å². The first-order chi connectivity index (χ1) is 11.2. The Morgan fingerprint density at radius 2 is 1.87 bits per heavy atom. The Kier molecular flexibility index (Phi) is 4.20. The zero-order valence-corrected chi connectivity index (χ0v) is 12.0. The molecule has 1 atom stereocenters. The van der Waals surface area contributed by atoms with E-state index in [-0.39, 0.29) is 12.2 Å². The number of hydrogen-bond donors (Lipinski definition) is 1. The number of rotatable bonds is 5. The molecule has 0 spiro atoms. The van der Waals surface area contributed by atoms with E-state index in [1.54, 1.807) is 18.2 Å². The number of para-hydroxylation sites is 3. The van der Waals surface area contributed by atoms with Gasteiger partial charge in [0.05, 0.1) is 17.1 Å². The summed E-state index contributed by atoms with van der Waals surface area (Å²) in [6.07, 6.45) is 0.235. The van der Waals surface area contributed by atoms with Crippen LogP contribution in [0, 0.1) is 11.3 Å². The van der Waals surface area contributed by atoms with Crippen LogP contribution in [0.3, 0.4) is 0 Å². The Labute approximate surface area is 131 Å². The number of alkyl halides is 2. The second-order valence-electron chi connectivity index (χ2n) is 5.01. The maximum Gasteiger partial charge on any atom is 0.387 e. The molecule has 0 saturated heterocycles. The summed E-state index contributed by atoms with van der Waals surface area (Å²) >= 11 is 0. The quantitative estimate of drug-likeness (QED) is 0.774. The van der Waals surface area contributed by atoms with Gasteiger partial charge in [-0.2, -0.15) is 14.0 Å². The molecule has 3 aromatic rings. The predicted octanol–water partition coefficient (Wildman–Crippen LogP) is 4.01. The van der Waals surface area contributed by atoms with Crippen LogP contribution in [0.5, 0.6) is 5.75 Å². The van der Waals surface area contributed by atoms with Gasteiger partial charge in [0.15, 0.2) is 0 Å². The maximum absolute atomic E-state index is 12.5. The molecule has 4 nitrogen and oxygen atoms in total. The van der Waals surface area contributed by atoms with Gasteiger partial charge in [-0.15, -0.1) is 0 Å². The lowest BCUT2D eigenvalue weighted by Gasteiger charge is -2.12. The van der Waals surface area contributed by atoms with Crippen molar-refractivity contribution in [1.29, 1.82) is 5.26 Å². The number of aromatic nitrogens is 2. The average molecular weight is 313 g/mol. The highest BCUT2D eigenvalue weighted by Gasteiger charge is 2.19. The predicted molar refractivity (Wildman–Crippen MR) is 81.2 cm³/mol. The minimum Gasteiger partial charge on any atom is -0.435 e. The second-order valence-corrected chi connectivity index (χ2v) is 5.01. The Balaban J connectivity index is 1.89. The van der Waals surface area contributed by atoms with E-state index in [9.17, 15) is 14.0 Å². The topological polar surface area (TPSA) is 61.7 Å². The number of ether oxygens (including phenoxy) is 1. The lowest BCUT2D eigenvalue weighted by atomic mass is 9.99. The maximum atomic E-state index is 12.5. The molecule has 0 aliphatic carbocycles. The van der Waals surface area contributed by atoms with Crippen LogP contribution >= 0.6 is 0 Å². The molecule has 0 amide bonds. The summed E-state index contributed by atoms with van der Waals surface area (Å²) in [6, 6.07) is 16.1. The zero-order valence-electron chi connectivity index (χ0n) is 12.0. The molecule has 0 bridgehead atoms. The van der Waals surface area contributed by atoms with Crippen LogP contribution in [0.2, 0.25) is 0 Å². The minimum absolute atomic E-state index is 0.0823. The van der Waals surface area contributed by atoms with Gasteiger partial charge in [0.1, 0.15) is 17.5 Å². The molecule has 0 saturated carbocycles. The number of hydrogen-bond acceptors (Lipinski definition) is 3. The summed E-state index contributed by atoms with van der Waals surface area (Å²) < 4.78 is 29.5. The molecular formula is C17H13F2N3O. The Morgan fingerprint density at radius 1 is 1.13 bits per heavy atom. The molecule has 0 radical (unpaired) electrons. The van der Waals surface area contributed by atoms with E-state index in [1.807, 2.05) is 24.3 Å². The molecule has 0 aliphatic heterocycles. The van der Waals surface area contributed by atoms with Crippen molar-refractivity contribution in [1.82, 2.24) is 9.97 Å². The summed E-state index contributed by atoms with van der Waals surface area (Å²) in [4.78, 5) is 7.51. The van der Waals surface area contributed by atoms with Crippen molar-refractivity contribution >= 4 is 11.0 Å². The highest BCUT2D eigenvalue weighted by molar-refractivity contribution is 5.74. The number of nitrogens with one attached hydrogen (secondary N) is 1. The first-order valence-electron chi connectivity index (χ1n) is 7.04. The normalized spacial score (nSPS) is 12.3. The Hall–Kier alpha value is -2.94. The number of nitrogens with zero attached hydrogens (tertiary/aromatic N) is 2. The molecule has 2 aromatic carbocycles. The fourth-order valence-corrected chi connectivity index (χ4v) is 2.44. The summed E-state index contributed by atoms with van der Waals surface area (Å²) in [7, 11) is 0. The van der Waals surface area contributed by atoms with Gasteiger partial charge < -0.3 is 9.72 Å². The number of nitriles is 1. The van der Waals surface area contributed by atoms with Crippen LogP contribution in [-0.4, -0.2) is 16.6 Å². The van der Waals surface area contributed by atoms with Gasteiger partial charge in [-0.1, -0.05) is 30.3 Å². The number of fused-ring (bicyclic) bond motifs is 1. The van der Waals surface area contributed by atoms with Crippen molar-refractivity contribution in [2.24, 2.45) is 0 Å². The van der Waals surface area contributed by atoms with Crippen LogP contribution in [0.1, 0.15) is 17.3 Å².